The predicted molar refractivity (Wildman–Crippen MR) is 93.0 cm³/mol. The smallest absolute Gasteiger partial charge is 0.355 e. The third kappa shape index (κ3) is 4.27. The molecule has 2 aromatic rings. The summed E-state index contributed by atoms with van der Waals surface area (Å²) < 4.78 is 10.4. The van der Waals surface area contributed by atoms with Crippen LogP contribution in [0.3, 0.4) is 0 Å². The maximum Gasteiger partial charge on any atom is 0.355 e. The van der Waals surface area contributed by atoms with Crippen LogP contribution < -0.4 is 0 Å². The van der Waals surface area contributed by atoms with E-state index in [0.717, 1.165) is 0 Å². The lowest BCUT2D eigenvalue weighted by Crippen LogP contribution is -2.13. The van der Waals surface area contributed by atoms with Crippen LogP contribution in [0.5, 0.6) is 0 Å². The number of rotatable bonds is 6. The van der Waals surface area contributed by atoms with Crippen LogP contribution in [-0.4, -0.2) is 27.9 Å². The Labute approximate surface area is 150 Å². The minimum atomic E-state index is -0.618. The molecule has 0 fully saturated rings. The number of carbonyl (C=O) groups excluding carboxylic acids is 2. The molecule has 0 spiro atoms. The van der Waals surface area contributed by atoms with Crippen LogP contribution in [0.1, 0.15) is 51.5 Å². The number of nitro groups is 1. The standard InChI is InChI=1S/C18H20N2O6/c1-10(2)26-17(21)15-11(3)16(19-12(15)4)18(22)25-9-13-5-7-14(8-6-13)20(23)24/h5-8,10,19H,9H2,1-4H3. The number of aromatic amines is 1. The van der Waals surface area contributed by atoms with Crippen molar-refractivity contribution >= 4 is 17.6 Å². The van der Waals surface area contributed by atoms with Gasteiger partial charge < -0.3 is 14.5 Å². The Hall–Kier alpha value is -3.16. The number of nitrogens with one attached hydrogen (secondary N) is 1. The molecular weight excluding hydrogens is 340 g/mol. The highest BCUT2D eigenvalue weighted by molar-refractivity contribution is 5.98. The molecule has 0 aliphatic rings. The predicted octanol–water partition coefficient (Wildman–Crippen LogP) is 3.46. The summed E-state index contributed by atoms with van der Waals surface area (Å²) in [5, 5.41) is 10.6. The maximum absolute atomic E-state index is 12.3. The fourth-order valence-electron chi connectivity index (χ4n) is 2.47. The van der Waals surface area contributed by atoms with Gasteiger partial charge in [0, 0.05) is 17.8 Å². The topological polar surface area (TPSA) is 112 Å². The van der Waals surface area contributed by atoms with Gasteiger partial charge in [0.25, 0.3) is 5.69 Å². The highest BCUT2D eigenvalue weighted by atomic mass is 16.6. The Morgan fingerprint density at radius 1 is 1.15 bits per heavy atom. The normalized spacial score (nSPS) is 10.7. The zero-order chi connectivity index (χ0) is 19.4. The first-order chi connectivity index (χ1) is 12.2. The highest BCUT2D eigenvalue weighted by Crippen LogP contribution is 2.21. The monoisotopic (exact) mass is 360 g/mol. The molecule has 0 saturated heterocycles. The van der Waals surface area contributed by atoms with Crippen LogP contribution in [0.4, 0.5) is 5.69 Å². The first-order valence-corrected chi connectivity index (χ1v) is 8.01. The highest BCUT2D eigenvalue weighted by Gasteiger charge is 2.24. The van der Waals surface area contributed by atoms with Crippen LogP contribution in [0.2, 0.25) is 0 Å². The van der Waals surface area contributed by atoms with Crippen molar-refractivity contribution in [1.82, 2.24) is 4.98 Å². The number of carbonyl (C=O) groups is 2. The van der Waals surface area contributed by atoms with E-state index in [1.165, 1.54) is 24.3 Å². The lowest BCUT2D eigenvalue weighted by molar-refractivity contribution is -0.384. The number of ether oxygens (including phenoxy) is 2. The van der Waals surface area contributed by atoms with Crippen molar-refractivity contribution in [3.05, 3.63) is 62.5 Å². The summed E-state index contributed by atoms with van der Waals surface area (Å²) in [5.74, 6) is -1.12. The van der Waals surface area contributed by atoms with Crippen molar-refractivity contribution in [1.29, 1.82) is 0 Å². The molecule has 1 aromatic carbocycles. The van der Waals surface area contributed by atoms with Gasteiger partial charge in [-0.25, -0.2) is 9.59 Å². The second-order valence-corrected chi connectivity index (χ2v) is 6.08. The van der Waals surface area contributed by atoms with Gasteiger partial charge in [0.2, 0.25) is 0 Å². The average Bonchev–Trinajstić information content (AvgIpc) is 2.87. The van der Waals surface area contributed by atoms with Gasteiger partial charge in [0.1, 0.15) is 12.3 Å². The third-order valence-electron chi connectivity index (χ3n) is 3.71. The SMILES string of the molecule is Cc1[nH]c(C(=O)OCc2ccc([N+](=O)[O-])cc2)c(C)c1C(=O)OC(C)C. The molecule has 1 N–H and O–H groups in total. The van der Waals surface area contributed by atoms with Crippen molar-refractivity contribution in [3.8, 4) is 0 Å². The Balaban J connectivity index is 2.10. The van der Waals surface area contributed by atoms with Crippen molar-refractivity contribution in [2.45, 2.75) is 40.4 Å². The van der Waals surface area contributed by atoms with Gasteiger partial charge in [0.05, 0.1) is 16.6 Å². The molecule has 0 radical (unpaired) electrons. The number of nitrogens with zero attached hydrogens (tertiary/aromatic N) is 1. The molecule has 0 aliphatic heterocycles. The first-order valence-electron chi connectivity index (χ1n) is 8.01. The number of aromatic nitrogens is 1. The summed E-state index contributed by atoms with van der Waals surface area (Å²) in [4.78, 5) is 37.5. The van der Waals surface area contributed by atoms with E-state index < -0.39 is 16.9 Å². The summed E-state index contributed by atoms with van der Waals surface area (Å²) in [6, 6.07) is 5.72. The minimum Gasteiger partial charge on any atom is -0.459 e. The second kappa shape index (κ2) is 7.81. The van der Waals surface area contributed by atoms with E-state index in [4.69, 9.17) is 9.47 Å². The van der Waals surface area contributed by atoms with Crippen LogP contribution >= 0.6 is 0 Å². The van der Waals surface area contributed by atoms with Crippen LogP contribution in [0.25, 0.3) is 0 Å². The molecular formula is C18H20N2O6. The number of hydrogen-bond donors (Lipinski definition) is 1. The summed E-state index contributed by atoms with van der Waals surface area (Å²) in [7, 11) is 0. The van der Waals surface area contributed by atoms with Gasteiger partial charge in [0.15, 0.2) is 0 Å². The quantitative estimate of drug-likeness (QED) is 0.480. The number of H-pyrrole nitrogens is 1. The third-order valence-corrected chi connectivity index (χ3v) is 3.71. The van der Waals surface area contributed by atoms with Gasteiger partial charge in [-0.3, -0.25) is 10.1 Å². The van der Waals surface area contributed by atoms with Gasteiger partial charge in [-0.05, 0) is 51.0 Å². The molecule has 2 rings (SSSR count). The molecule has 0 atom stereocenters. The number of aryl methyl sites for hydroxylation is 1. The van der Waals surface area contributed by atoms with E-state index in [9.17, 15) is 19.7 Å². The zero-order valence-corrected chi connectivity index (χ0v) is 15.0. The molecule has 138 valence electrons. The van der Waals surface area contributed by atoms with Crippen molar-refractivity contribution in [2.24, 2.45) is 0 Å². The van der Waals surface area contributed by atoms with Crippen LogP contribution in [-0.2, 0) is 16.1 Å². The maximum atomic E-state index is 12.3. The molecule has 8 nitrogen and oxygen atoms in total. The Morgan fingerprint density at radius 3 is 2.31 bits per heavy atom. The second-order valence-electron chi connectivity index (χ2n) is 6.08. The number of non-ortho nitro benzene ring substituents is 1. The molecule has 0 bridgehead atoms. The number of esters is 2. The van der Waals surface area contributed by atoms with Gasteiger partial charge in [-0.2, -0.15) is 0 Å². The van der Waals surface area contributed by atoms with E-state index >= 15 is 0 Å². The fourth-order valence-corrected chi connectivity index (χ4v) is 2.47. The summed E-state index contributed by atoms with van der Waals surface area (Å²) in [6.45, 7) is 6.77. The number of hydrogen-bond acceptors (Lipinski definition) is 6. The van der Waals surface area contributed by atoms with Crippen molar-refractivity contribution < 1.29 is 24.0 Å². The summed E-state index contributed by atoms with van der Waals surface area (Å²) >= 11 is 0. The molecule has 0 aliphatic carbocycles. The minimum absolute atomic E-state index is 0.0378. The zero-order valence-electron chi connectivity index (χ0n) is 15.0. The van der Waals surface area contributed by atoms with E-state index in [-0.39, 0.29) is 24.1 Å². The van der Waals surface area contributed by atoms with Crippen LogP contribution in [0.15, 0.2) is 24.3 Å². The molecule has 0 unspecified atom stereocenters. The molecule has 1 heterocycles. The summed E-state index contributed by atoms with van der Waals surface area (Å²) in [6.07, 6.45) is -0.270. The first kappa shape index (κ1) is 19.2. The Morgan fingerprint density at radius 2 is 1.77 bits per heavy atom. The Bertz CT molecular complexity index is 836. The fraction of sp³-hybridized carbons (Fsp3) is 0.333. The lowest BCUT2D eigenvalue weighted by Gasteiger charge is -2.08. The van der Waals surface area contributed by atoms with Gasteiger partial charge in [-0.15, -0.1) is 0 Å². The van der Waals surface area contributed by atoms with Crippen LogP contribution in [0, 0.1) is 24.0 Å². The largest absolute Gasteiger partial charge is 0.459 e. The lowest BCUT2D eigenvalue weighted by atomic mass is 10.1. The molecule has 0 amide bonds. The summed E-state index contributed by atoms with van der Waals surface area (Å²) in [5.41, 5.74) is 2.06. The van der Waals surface area contributed by atoms with E-state index in [1.54, 1.807) is 27.7 Å². The van der Waals surface area contributed by atoms with E-state index in [0.29, 0.717) is 22.4 Å². The van der Waals surface area contributed by atoms with Crippen molar-refractivity contribution in [3.63, 3.8) is 0 Å². The molecule has 1 aromatic heterocycles. The number of benzene rings is 1. The Kier molecular flexibility index (Phi) is 5.76. The number of nitro benzene ring substituents is 1. The molecule has 8 heteroatoms. The molecule has 0 saturated carbocycles. The average molecular weight is 360 g/mol. The van der Waals surface area contributed by atoms with Crippen molar-refractivity contribution in [2.75, 3.05) is 0 Å². The van der Waals surface area contributed by atoms with Gasteiger partial charge in [-0.1, -0.05) is 0 Å². The van der Waals surface area contributed by atoms with E-state index in [2.05, 4.69) is 4.98 Å². The molecule has 26 heavy (non-hydrogen) atoms. The van der Waals surface area contributed by atoms with Gasteiger partial charge >= 0.3 is 11.9 Å². The van der Waals surface area contributed by atoms with E-state index in [1.807, 2.05) is 0 Å².